The predicted octanol–water partition coefficient (Wildman–Crippen LogP) is 3.28. The molecule has 0 bridgehead atoms. The summed E-state index contributed by atoms with van der Waals surface area (Å²) in [6.45, 7) is 0.264. The molecule has 0 atom stereocenters. The molecule has 1 heterocycles. The Kier molecular flexibility index (Phi) is 4.55. The molecule has 5 nitrogen and oxygen atoms in total. The number of H-pyrrole nitrogens is 1. The number of nitrogens with zero attached hydrogens (tertiary/aromatic N) is 1. The normalized spacial score (nSPS) is 14.0. The van der Waals surface area contributed by atoms with Crippen molar-refractivity contribution in [3.63, 3.8) is 0 Å². The van der Waals surface area contributed by atoms with E-state index < -0.39 is 17.7 Å². The van der Waals surface area contributed by atoms with E-state index in [4.69, 9.17) is 0 Å². The zero-order valence-electron chi connectivity index (χ0n) is 12.6. The third kappa shape index (κ3) is 3.67. The summed E-state index contributed by atoms with van der Waals surface area (Å²) in [6.07, 6.45) is 5.39. The van der Waals surface area contributed by atoms with Crippen molar-refractivity contribution in [2.75, 3.05) is 5.32 Å². The van der Waals surface area contributed by atoms with Crippen molar-refractivity contribution in [2.24, 2.45) is 0 Å². The first kappa shape index (κ1) is 15.5. The van der Waals surface area contributed by atoms with Gasteiger partial charge in [-0.05, 0) is 43.4 Å². The molecule has 0 radical (unpaired) electrons. The maximum absolute atomic E-state index is 13.5. The zero-order chi connectivity index (χ0) is 16.2. The molecule has 23 heavy (non-hydrogen) atoms. The number of rotatable bonds is 3. The molecule has 3 N–H and O–H groups in total. The molecular formula is C16H18F2N4O. The van der Waals surface area contributed by atoms with Gasteiger partial charge in [-0.25, -0.2) is 13.6 Å². The summed E-state index contributed by atoms with van der Waals surface area (Å²) in [5, 5.41) is 12.3. The number of urea groups is 1. The second-order valence-corrected chi connectivity index (χ2v) is 5.62. The Morgan fingerprint density at radius 2 is 2.04 bits per heavy atom. The lowest BCUT2D eigenvalue weighted by Crippen LogP contribution is -2.29. The average molecular weight is 320 g/mol. The van der Waals surface area contributed by atoms with Crippen molar-refractivity contribution < 1.29 is 13.6 Å². The van der Waals surface area contributed by atoms with Crippen LogP contribution in [0.5, 0.6) is 0 Å². The lowest BCUT2D eigenvalue weighted by atomic mass is 10.1. The molecule has 0 spiro atoms. The van der Waals surface area contributed by atoms with E-state index in [-0.39, 0.29) is 12.2 Å². The van der Waals surface area contributed by atoms with E-state index >= 15 is 0 Å². The summed E-state index contributed by atoms with van der Waals surface area (Å²) < 4.78 is 26.3. The number of aromatic nitrogens is 2. The predicted molar refractivity (Wildman–Crippen MR) is 82.1 cm³/mol. The third-order valence-corrected chi connectivity index (χ3v) is 3.99. The van der Waals surface area contributed by atoms with Crippen molar-refractivity contribution in [3.8, 4) is 0 Å². The quantitative estimate of drug-likeness (QED) is 0.760. The van der Waals surface area contributed by atoms with Crippen LogP contribution < -0.4 is 10.6 Å². The van der Waals surface area contributed by atoms with Gasteiger partial charge in [0.05, 0.1) is 17.9 Å². The largest absolute Gasteiger partial charge is 0.332 e. The van der Waals surface area contributed by atoms with Gasteiger partial charge in [-0.2, -0.15) is 5.10 Å². The molecule has 3 rings (SSSR count). The first-order chi connectivity index (χ1) is 11.1. The number of aromatic amines is 1. The van der Waals surface area contributed by atoms with Crippen molar-refractivity contribution in [3.05, 3.63) is 46.8 Å². The minimum absolute atomic E-state index is 0.0650. The molecule has 2 aromatic rings. The van der Waals surface area contributed by atoms with Gasteiger partial charge in [0.1, 0.15) is 11.6 Å². The van der Waals surface area contributed by atoms with Crippen molar-refractivity contribution in [1.82, 2.24) is 15.5 Å². The molecule has 0 unspecified atom stereocenters. The van der Waals surface area contributed by atoms with Crippen LogP contribution in [0.25, 0.3) is 0 Å². The fourth-order valence-corrected chi connectivity index (χ4v) is 2.79. The van der Waals surface area contributed by atoms with Crippen LogP contribution in [0.4, 0.5) is 19.3 Å². The fourth-order valence-electron chi connectivity index (χ4n) is 2.79. The van der Waals surface area contributed by atoms with E-state index in [0.717, 1.165) is 49.2 Å². The Bertz CT molecular complexity index is 714. The molecule has 0 fully saturated rings. The highest BCUT2D eigenvalue weighted by Crippen LogP contribution is 2.21. The van der Waals surface area contributed by atoms with E-state index in [1.807, 2.05) is 0 Å². The van der Waals surface area contributed by atoms with E-state index in [1.54, 1.807) is 0 Å². The number of hydrogen-bond donors (Lipinski definition) is 3. The minimum Gasteiger partial charge on any atom is -0.332 e. The number of carbonyl (C=O) groups is 1. The Labute approximate surface area is 132 Å². The zero-order valence-corrected chi connectivity index (χ0v) is 12.6. The summed E-state index contributed by atoms with van der Waals surface area (Å²) in [5.41, 5.74) is 3.07. The van der Waals surface area contributed by atoms with Crippen LogP contribution in [-0.4, -0.2) is 16.2 Å². The van der Waals surface area contributed by atoms with Gasteiger partial charge in [0.15, 0.2) is 0 Å². The summed E-state index contributed by atoms with van der Waals surface area (Å²) >= 11 is 0. The summed E-state index contributed by atoms with van der Waals surface area (Å²) in [6, 6.07) is 2.45. The Hall–Kier alpha value is -2.44. The van der Waals surface area contributed by atoms with E-state index in [2.05, 4.69) is 20.8 Å². The minimum atomic E-state index is -0.811. The molecule has 1 aliphatic rings. The molecule has 0 aliphatic heterocycles. The van der Waals surface area contributed by atoms with Crippen LogP contribution in [0.1, 0.15) is 36.2 Å². The van der Waals surface area contributed by atoms with Gasteiger partial charge in [0, 0.05) is 11.8 Å². The molecule has 1 aromatic carbocycles. The van der Waals surface area contributed by atoms with Crippen molar-refractivity contribution in [2.45, 2.75) is 38.6 Å². The molecule has 2 amide bonds. The fraction of sp³-hybridized carbons (Fsp3) is 0.375. The van der Waals surface area contributed by atoms with Crippen molar-refractivity contribution in [1.29, 1.82) is 0 Å². The number of amides is 2. The smallest absolute Gasteiger partial charge is 0.319 e. The van der Waals surface area contributed by atoms with Crippen LogP contribution >= 0.6 is 0 Å². The van der Waals surface area contributed by atoms with E-state index in [9.17, 15) is 13.6 Å². The second kappa shape index (κ2) is 6.76. The number of fused-ring (bicyclic) bond motifs is 1. The third-order valence-electron chi connectivity index (χ3n) is 3.99. The van der Waals surface area contributed by atoms with Crippen LogP contribution in [-0.2, 0) is 19.4 Å². The number of anilines is 1. The maximum Gasteiger partial charge on any atom is 0.319 e. The van der Waals surface area contributed by atoms with Gasteiger partial charge >= 0.3 is 6.03 Å². The number of carbonyl (C=O) groups excluding carboxylic acids is 1. The number of hydrogen-bond acceptors (Lipinski definition) is 2. The second-order valence-electron chi connectivity index (χ2n) is 5.62. The molecular weight excluding hydrogens is 302 g/mol. The Morgan fingerprint density at radius 1 is 1.22 bits per heavy atom. The van der Waals surface area contributed by atoms with Crippen LogP contribution in [0, 0.1) is 11.6 Å². The molecule has 0 saturated carbocycles. The highest BCUT2D eigenvalue weighted by atomic mass is 19.1. The van der Waals surface area contributed by atoms with Gasteiger partial charge in [0.2, 0.25) is 0 Å². The van der Waals surface area contributed by atoms with Crippen LogP contribution in [0.3, 0.4) is 0 Å². The first-order valence-corrected chi connectivity index (χ1v) is 7.68. The topological polar surface area (TPSA) is 69.8 Å². The molecule has 7 heteroatoms. The summed E-state index contributed by atoms with van der Waals surface area (Å²) in [4.78, 5) is 11.9. The SMILES string of the molecule is O=C(NCc1n[nH]c2c1CCCCC2)Nc1ccc(F)cc1F. The monoisotopic (exact) mass is 320 g/mol. The molecule has 0 saturated heterocycles. The molecule has 122 valence electrons. The highest BCUT2D eigenvalue weighted by Gasteiger charge is 2.16. The lowest BCUT2D eigenvalue weighted by Gasteiger charge is -2.08. The van der Waals surface area contributed by atoms with Crippen LogP contribution in [0.15, 0.2) is 18.2 Å². The summed E-state index contributed by atoms with van der Waals surface area (Å²) in [5.74, 6) is -1.50. The van der Waals surface area contributed by atoms with Gasteiger partial charge in [0.25, 0.3) is 0 Å². The first-order valence-electron chi connectivity index (χ1n) is 7.68. The van der Waals surface area contributed by atoms with Gasteiger partial charge < -0.3 is 10.6 Å². The molecule has 1 aromatic heterocycles. The highest BCUT2D eigenvalue weighted by molar-refractivity contribution is 5.89. The lowest BCUT2D eigenvalue weighted by molar-refractivity contribution is 0.251. The van der Waals surface area contributed by atoms with E-state index in [1.165, 1.54) is 18.1 Å². The van der Waals surface area contributed by atoms with Gasteiger partial charge in [-0.1, -0.05) is 6.42 Å². The summed E-state index contributed by atoms with van der Waals surface area (Å²) in [7, 11) is 0. The Balaban J connectivity index is 1.60. The van der Waals surface area contributed by atoms with Crippen molar-refractivity contribution >= 4 is 11.7 Å². The Morgan fingerprint density at radius 3 is 2.87 bits per heavy atom. The molecule has 1 aliphatic carbocycles. The number of halogens is 2. The standard InChI is InChI=1S/C16H18F2N4O/c17-10-6-7-14(12(18)8-10)20-16(23)19-9-15-11-4-2-1-3-5-13(11)21-22-15/h6-8H,1-5,9H2,(H,21,22)(H2,19,20,23). The number of aryl methyl sites for hydroxylation is 1. The maximum atomic E-state index is 13.5. The van der Waals surface area contributed by atoms with Gasteiger partial charge in [-0.3, -0.25) is 5.10 Å². The number of benzene rings is 1. The van der Waals surface area contributed by atoms with Gasteiger partial charge in [-0.15, -0.1) is 0 Å². The average Bonchev–Trinajstić information content (AvgIpc) is 2.75. The number of nitrogens with one attached hydrogen (secondary N) is 3. The van der Waals surface area contributed by atoms with E-state index in [0.29, 0.717) is 0 Å². The van der Waals surface area contributed by atoms with Crippen LogP contribution in [0.2, 0.25) is 0 Å².